The first-order valence-corrected chi connectivity index (χ1v) is 14.6. The van der Waals surface area contributed by atoms with E-state index in [1.165, 1.54) is 0 Å². The summed E-state index contributed by atoms with van der Waals surface area (Å²) in [5, 5.41) is 0. The highest BCUT2D eigenvalue weighted by atomic mass is 16.7. The first kappa shape index (κ1) is 30.7. The summed E-state index contributed by atoms with van der Waals surface area (Å²) in [6.45, 7) is 1.84. The Morgan fingerprint density at radius 2 is 0.930 bits per heavy atom. The fraction of sp³-hybridized carbons (Fsp3) is 0.297. The average molecular weight is 579 g/mol. The van der Waals surface area contributed by atoms with Crippen LogP contribution in [0.4, 0.5) is 0 Å². The van der Waals surface area contributed by atoms with Gasteiger partial charge in [-0.15, -0.1) is 6.42 Å². The van der Waals surface area contributed by atoms with Crippen LogP contribution in [0.25, 0.3) is 0 Å². The molecule has 4 aromatic rings. The average Bonchev–Trinajstić information content (AvgIpc) is 3.07. The monoisotopic (exact) mass is 578 g/mol. The minimum Gasteiger partial charge on any atom is -0.374 e. The van der Waals surface area contributed by atoms with Gasteiger partial charge in [0.25, 0.3) is 0 Å². The van der Waals surface area contributed by atoms with Crippen LogP contribution in [0.2, 0.25) is 0 Å². The van der Waals surface area contributed by atoms with Crippen molar-refractivity contribution in [3.63, 3.8) is 0 Å². The number of hydrogen-bond donors (Lipinski definition) is 0. The van der Waals surface area contributed by atoms with Crippen LogP contribution < -0.4 is 0 Å². The van der Waals surface area contributed by atoms with Crippen molar-refractivity contribution in [1.82, 2.24) is 0 Å². The number of terminal acetylenes is 1. The first-order chi connectivity index (χ1) is 21.3. The normalized spacial score (nSPS) is 21.7. The molecule has 0 bridgehead atoms. The highest BCUT2D eigenvalue weighted by molar-refractivity contribution is 5.16. The molecule has 4 aromatic carbocycles. The smallest absolute Gasteiger partial charge is 0.188 e. The molecule has 6 nitrogen and oxygen atoms in total. The Labute approximate surface area is 254 Å². The second-order valence-corrected chi connectivity index (χ2v) is 10.3. The second kappa shape index (κ2) is 16.7. The largest absolute Gasteiger partial charge is 0.374 e. The van der Waals surface area contributed by atoms with E-state index in [2.05, 4.69) is 5.92 Å². The van der Waals surface area contributed by atoms with E-state index in [4.69, 9.17) is 34.8 Å². The summed E-state index contributed by atoms with van der Waals surface area (Å²) in [5.41, 5.74) is 4.17. The van der Waals surface area contributed by atoms with Crippen LogP contribution in [-0.2, 0) is 54.8 Å². The number of hydrogen-bond acceptors (Lipinski definition) is 6. The van der Waals surface area contributed by atoms with E-state index in [-0.39, 0.29) is 13.2 Å². The van der Waals surface area contributed by atoms with Crippen LogP contribution in [-0.4, -0.2) is 43.9 Å². The molecule has 1 aliphatic rings. The van der Waals surface area contributed by atoms with E-state index < -0.39 is 30.7 Å². The van der Waals surface area contributed by atoms with E-state index in [1.807, 2.05) is 121 Å². The Bertz CT molecular complexity index is 1360. The zero-order chi connectivity index (χ0) is 29.5. The zero-order valence-electron chi connectivity index (χ0n) is 24.2. The number of rotatable bonds is 15. The molecular formula is C37H38O6. The summed E-state index contributed by atoms with van der Waals surface area (Å²) in [6, 6.07) is 40.1. The second-order valence-electron chi connectivity index (χ2n) is 10.3. The van der Waals surface area contributed by atoms with Crippen molar-refractivity contribution in [2.75, 3.05) is 13.2 Å². The van der Waals surface area contributed by atoms with Gasteiger partial charge in [-0.05, 0) is 22.3 Å². The third-order valence-electron chi connectivity index (χ3n) is 7.17. The Morgan fingerprint density at radius 3 is 1.40 bits per heavy atom. The van der Waals surface area contributed by atoms with Crippen molar-refractivity contribution in [3.8, 4) is 12.3 Å². The fourth-order valence-electron chi connectivity index (χ4n) is 5.01. The molecule has 1 heterocycles. The van der Waals surface area contributed by atoms with E-state index in [0.29, 0.717) is 26.4 Å². The molecule has 0 aromatic heterocycles. The van der Waals surface area contributed by atoms with Crippen molar-refractivity contribution in [1.29, 1.82) is 0 Å². The molecule has 0 saturated carbocycles. The maximum Gasteiger partial charge on any atom is 0.188 e. The SMILES string of the molecule is C#CCO[C@@H]1OC(COCc2ccccc2)[C@@H](OCc2ccccc2)C(OCc2ccccc2)C1OCc1ccccc1. The van der Waals surface area contributed by atoms with Crippen LogP contribution >= 0.6 is 0 Å². The highest BCUT2D eigenvalue weighted by Crippen LogP contribution is 2.31. The molecule has 0 radical (unpaired) electrons. The van der Waals surface area contributed by atoms with E-state index in [9.17, 15) is 0 Å². The number of ether oxygens (including phenoxy) is 6. The van der Waals surface area contributed by atoms with Gasteiger partial charge in [0.15, 0.2) is 6.29 Å². The van der Waals surface area contributed by atoms with Crippen LogP contribution in [0.1, 0.15) is 22.3 Å². The van der Waals surface area contributed by atoms with Crippen molar-refractivity contribution >= 4 is 0 Å². The van der Waals surface area contributed by atoms with Gasteiger partial charge in [0.2, 0.25) is 0 Å². The lowest BCUT2D eigenvalue weighted by Gasteiger charge is -2.45. The van der Waals surface area contributed by atoms with Crippen LogP contribution in [0, 0.1) is 12.3 Å². The van der Waals surface area contributed by atoms with Gasteiger partial charge in [0.1, 0.15) is 31.0 Å². The van der Waals surface area contributed by atoms with E-state index in [1.54, 1.807) is 0 Å². The van der Waals surface area contributed by atoms with Gasteiger partial charge < -0.3 is 28.4 Å². The molecular weight excluding hydrogens is 540 g/mol. The predicted octanol–water partition coefficient (Wildman–Crippen LogP) is 6.33. The van der Waals surface area contributed by atoms with Gasteiger partial charge in [0, 0.05) is 0 Å². The molecule has 0 spiro atoms. The maximum absolute atomic E-state index is 6.66. The van der Waals surface area contributed by atoms with Crippen LogP contribution in [0.5, 0.6) is 0 Å². The quantitative estimate of drug-likeness (QED) is 0.154. The molecule has 43 heavy (non-hydrogen) atoms. The number of benzene rings is 4. The lowest BCUT2D eigenvalue weighted by atomic mass is 9.97. The van der Waals surface area contributed by atoms with Crippen LogP contribution in [0.15, 0.2) is 121 Å². The lowest BCUT2D eigenvalue weighted by Crippen LogP contribution is -2.61. The van der Waals surface area contributed by atoms with Crippen molar-refractivity contribution in [3.05, 3.63) is 144 Å². The van der Waals surface area contributed by atoms with Crippen LogP contribution in [0.3, 0.4) is 0 Å². The molecule has 5 rings (SSSR count). The summed E-state index contributed by atoms with van der Waals surface area (Å²) >= 11 is 0. The van der Waals surface area contributed by atoms with Gasteiger partial charge in [-0.2, -0.15) is 0 Å². The van der Waals surface area contributed by atoms with Crippen molar-refractivity contribution < 1.29 is 28.4 Å². The standard InChI is InChI=1S/C37H38O6/c1-2-23-39-37-36(42-27-32-21-13-6-14-22-32)35(41-26-31-19-11-5-12-20-31)34(40-25-30-17-9-4-10-18-30)33(43-37)28-38-24-29-15-7-3-8-16-29/h1,3-22,33-37H,23-28H2/t33?,34-,35?,36?,37-/m1/s1. The summed E-state index contributed by atoms with van der Waals surface area (Å²) < 4.78 is 38.6. The van der Waals surface area contributed by atoms with E-state index >= 15 is 0 Å². The zero-order valence-corrected chi connectivity index (χ0v) is 24.2. The summed E-state index contributed by atoms with van der Waals surface area (Å²) in [5.74, 6) is 2.56. The Kier molecular flexibility index (Phi) is 11.9. The predicted molar refractivity (Wildman–Crippen MR) is 165 cm³/mol. The third kappa shape index (κ3) is 9.34. The topological polar surface area (TPSA) is 55.4 Å². The van der Waals surface area contributed by atoms with E-state index in [0.717, 1.165) is 22.3 Å². The molecule has 0 aliphatic carbocycles. The molecule has 6 heteroatoms. The summed E-state index contributed by atoms with van der Waals surface area (Å²) in [6.07, 6.45) is 2.61. The third-order valence-corrected chi connectivity index (χ3v) is 7.17. The van der Waals surface area contributed by atoms with Gasteiger partial charge in [-0.1, -0.05) is 127 Å². The molecule has 3 unspecified atom stereocenters. The molecule has 1 saturated heterocycles. The Hall–Kier alpha value is -3.80. The Balaban J connectivity index is 1.41. The molecule has 1 fully saturated rings. The Morgan fingerprint density at radius 1 is 0.512 bits per heavy atom. The van der Waals surface area contributed by atoms with Gasteiger partial charge in [-0.25, -0.2) is 0 Å². The molecule has 0 N–H and O–H groups in total. The molecule has 1 aliphatic heterocycles. The highest BCUT2D eigenvalue weighted by Gasteiger charge is 2.49. The fourth-order valence-corrected chi connectivity index (χ4v) is 5.01. The lowest BCUT2D eigenvalue weighted by molar-refractivity contribution is -0.326. The maximum atomic E-state index is 6.66. The van der Waals surface area contributed by atoms with Gasteiger partial charge >= 0.3 is 0 Å². The first-order valence-electron chi connectivity index (χ1n) is 14.6. The van der Waals surface area contributed by atoms with Gasteiger partial charge in [0.05, 0.1) is 33.0 Å². The summed E-state index contributed by atoms with van der Waals surface area (Å²) in [7, 11) is 0. The van der Waals surface area contributed by atoms with Crippen molar-refractivity contribution in [2.24, 2.45) is 0 Å². The molecule has 0 amide bonds. The minimum atomic E-state index is -0.789. The summed E-state index contributed by atoms with van der Waals surface area (Å²) in [4.78, 5) is 0. The van der Waals surface area contributed by atoms with Gasteiger partial charge in [-0.3, -0.25) is 0 Å². The molecule has 5 atom stereocenters. The molecule has 222 valence electrons. The minimum absolute atomic E-state index is 0.0639. The van der Waals surface area contributed by atoms with Crippen molar-refractivity contribution in [2.45, 2.75) is 57.1 Å².